The first-order chi connectivity index (χ1) is 9.22. The average molecular weight is 262 g/mol. The Balaban J connectivity index is 1.99. The molecule has 0 aliphatic carbocycles. The number of morpholine rings is 1. The smallest absolute Gasteiger partial charge is 0.244 e. The lowest BCUT2D eigenvalue weighted by molar-refractivity contribution is -0.140. The van der Waals surface area contributed by atoms with Gasteiger partial charge in [-0.25, -0.2) is 0 Å². The Kier molecular flexibility index (Phi) is 4.93. The van der Waals surface area contributed by atoms with Crippen molar-refractivity contribution in [2.45, 2.75) is 31.9 Å². The molecule has 0 bridgehead atoms. The molecule has 1 amide bonds. The quantitative estimate of drug-likeness (QED) is 0.898. The number of benzene rings is 1. The summed E-state index contributed by atoms with van der Waals surface area (Å²) >= 11 is 0. The number of nitrogens with zero attached hydrogens (tertiary/aromatic N) is 1. The van der Waals surface area contributed by atoms with E-state index in [1.54, 1.807) is 0 Å². The highest BCUT2D eigenvalue weighted by Crippen LogP contribution is 2.17. The third-order valence-electron chi connectivity index (χ3n) is 3.49. The Morgan fingerprint density at radius 1 is 1.47 bits per heavy atom. The van der Waals surface area contributed by atoms with Crippen molar-refractivity contribution in [2.75, 3.05) is 19.7 Å². The number of carbonyl (C=O) groups is 1. The van der Waals surface area contributed by atoms with Gasteiger partial charge in [0.15, 0.2) is 0 Å². The predicted octanol–water partition coefficient (Wildman–Crippen LogP) is 1.71. The monoisotopic (exact) mass is 262 g/mol. The van der Waals surface area contributed by atoms with Crippen molar-refractivity contribution in [3.05, 3.63) is 35.9 Å². The summed E-state index contributed by atoms with van der Waals surface area (Å²) in [6.45, 7) is 4.03. The number of nitrogens with two attached hydrogens (primary N) is 1. The molecule has 2 atom stereocenters. The van der Waals surface area contributed by atoms with Crippen molar-refractivity contribution in [3.8, 4) is 0 Å². The molecule has 1 fully saturated rings. The lowest BCUT2D eigenvalue weighted by Gasteiger charge is -2.34. The van der Waals surface area contributed by atoms with Gasteiger partial charge in [-0.1, -0.05) is 43.7 Å². The van der Waals surface area contributed by atoms with Crippen molar-refractivity contribution in [1.29, 1.82) is 0 Å². The number of hydrogen-bond donors (Lipinski definition) is 1. The zero-order valence-electron chi connectivity index (χ0n) is 11.4. The molecule has 104 valence electrons. The summed E-state index contributed by atoms with van der Waals surface area (Å²) in [7, 11) is 0. The second-order valence-electron chi connectivity index (χ2n) is 4.95. The highest BCUT2D eigenvalue weighted by atomic mass is 16.5. The Hall–Kier alpha value is -1.39. The molecule has 1 aliphatic rings. The Bertz CT molecular complexity index is 406. The molecule has 4 nitrogen and oxygen atoms in total. The molecule has 2 N–H and O–H groups in total. The molecule has 0 saturated carbocycles. The van der Waals surface area contributed by atoms with E-state index < -0.39 is 6.04 Å². The normalized spacial score (nSPS) is 21.2. The van der Waals surface area contributed by atoms with Gasteiger partial charge in [0, 0.05) is 13.1 Å². The lowest BCUT2D eigenvalue weighted by Crippen LogP contribution is -2.48. The maximum absolute atomic E-state index is 12.4. The lowest BCUT2D eigenvalue weighted by atomic mass is 10.1. The fourth-order valence-electron chi connectivity index (χ4n) is 2.42. The van der Waals surface area contributed by atoms with Gasteiger partial charge in [0.2, 0.25) is 5.91 Å². The largest absolute Gasteiger partial charge is 0.375 e. The van der Waals surface area contributed by atoms with Crippen LogP contribution in [-0.2, 0) is 9.53 Å². The molecule has 0 spiro atoms. The molecule has 1 aromatic rings. The van der Waals surface area contributed by atoms with Gasteiger partial charge in [-0.2, -0.15) is 0 Å². The minimum Gasteiger partial charge on any atom is -0.375 e. The molecule has 1 aliphatic heterocycles. The first-order valence-electron chi connectivity index (χ1n) is 6.93. The summed E-state index contributed by atoms with van der Waals surface area (Å²) in [5, 5.41) is 0. The molecule has 19 heavy (non-hydrogen) atoms. The summed E-state index contributed by atoms with van der Waals surface area (Å²) < 4.78 is 5.65. The van der Waals surface area contributed by atoms with E-state index in [9.17, 15) is 4.79 Å². The van der Waals surface area contributed by atoms with Crippen LogP contribution in [0.15, 0.2) is 30.3 Å². The van der Waals surface area contributed by atoms with Crippen molar-refractivity contribution in [1.82, 2.24) is 4.90 Å². The molecule has 0 radical (unpaired) electrons. The van der Waals surface area contributed by atoms with Crippen LogP contribution in [0.25, 0.3) is 0 Å². The Morgan fingerprint density at radius 2 is 2.21 bits per heavy atom. The molecule has 4 heteroatoms. The second-order valence-corrected chi connectivity index (χ2v) is 4.95. The van der Waals surface area contributed by atoms with Gasteiger partial charge in [0.1, 0.15) is 6.04 Å². The molecular weight excluding hydrogens is 240 g/mol. The van der Waals surface area contributed by atoms with E-state index in [-0.39, 0.29) is 12.0 Å². The van der Waals surface area contributed by atoms with Crippen molar-refractivity contribution < 1.29 is 9.53 Å². The van der Waals surface area contributed by atoms with E-state index >= 15 is 0 Å². The van der Waals surface area contributed by atoms with Crippen LogP contribution in [0.4, 0.5) is 0 Å². The number of amides is 1. The van der Waals surface area contributed by atoms with Crippen LogP contribution < -0.4 is 5.73 Å². The van der Waals surface area contributed by atoms with E-state index in [0.717, 1.165) is 18.4 Å². The molecule has 1 aromatic carbocycles. The van der Waals surface area contributed by atoms with Gasteiger partial charge in [0.25, 0.3) is 0 Å². The maximum atomic E-state index is 12.4. The molecular formula is C15H22N2O2. The second kappa shape index (κ2) is 6.68. The number of rotatable bonds is 4. The van der Waals surface area contributed by atoms with Gasteiger partial charge < -0.3 is 15.4 Å². The third-order valence-corrected chi connectivity index (χ3v) is 3.49. The van der Waals surface area contributed by atoms with Crippen molar-refractivity contribution >= 4 is 5.91 Å². The van der Waals surface area contributed by atoms with Crippen LogP contribution in [0.2, 0.25) is 0 Å². The summed E-state index contributed by atoms with van der Waals surface area (Å²) in [5.41, 5.74) is 6.92. The molecule has 1 saturated heterocycles. The molecule has 0 aromatic heterocycles. The highest BCUT2D eigenvalue weighted by Gasteiger charge is 2.27. The number of carbonyl (C=O) groups excluding carboxylic acids is 1. The van der Waals surface area contributed by atoms with Gasteiger partial charge in [-0.3, -0.25) is 4.79 Å². The maximum Gasteiger partial charge on any atom is 0.244 e. The average Bonchev–Trinajstić information content (AvgIpc) is 2.47. The topological polar surface area (TPSA) is 55.6 Å². The van der Waals surface area contributed by atoms with Gasteiger partial charge in [0.05, 0.1) is 12.7 Å². The SMILES string of the molecule is CCC[C@@H]1CN(C(=O)[C@H](N)c2ccccc2)CCO1. The predicted molar refractivity (Wildman–Crippen MR) is 74.6 cm³/mol. The molecule has 0 unspecified atom stereocenters. The minimum atomic E-state index is -0.568. The fraction of sp³-hybridized carbons (Fsp3) is 0.533. The minimum absolute atomic E-state index is 0.00407. The van der Waals surface area contributed by atoms with Crippen molar-refractivity contribution in [3.63, 3.8) is 0 Å². The first-order valence-corrected chi connectivity index (χ1v) is 6.93. The van der Waals surface area contributed by atoms with Gasteiger partial charge >= 0.3 is 0 Å². The fourth-order valence-corrected chi connectivity index (χ4v) is 2.42. The van der Waals surface area contributed by atoms with Crippen LogP contribution in [0.5, 0.6) is 0 Å². The van der Waals surface area contributed by atoms with E-state index in [1.165, 1.54) is 0 Å². The Labute approximate surface area is 114 Å². The third kappa shape index (κ3) is 3.55. The van der Waals surface area contributed by atoms with Crippen molar-refractivity contribution in [2.24, 2.45) is 5.73 Å². The first kappa shape index (κ1) is 14.0. The standard InChI is InChI=1S/C15H22N2O2/c1-2-6-13-11-17(9-10-19-13)15(18)14(16)12-7-4-3-5-8-12/h3-5,7-8,13-14H,2,6,9-11,16H2,1H3/t13-,14-/m1/s1. The zero-order valence-corrected chi connectivity index (χ0v) is 11.4. The van der Waals surface area contributed by atoms with E-state index in [0.29, 0.717) is 19.7 Å². The van der Waals surface area contributed by atoms with Crippen LogP contribution in [0.1, 0.15) is 31.4 Å². The van der Waals surface area contributed by atoms with E-state index in [4.69, 9.17) is 10.5 Å². The van der Waals surface area contributed by atoms with E-state index in [2.05, 4.69) is 6.92 Å². The van der Waals surface area contributed by atoms with Crippen LogP contribution in [0.3, 0.4) is 0 Å². The zero-order chi connectivity index (χ0) is 13.7. The molecule has 1 heterocycles. The summed E-state index contributed by atoms with van der Waals surface area (Å²) in [6.07, 6.45) is 2.22. The highest BCUT2D eigenvalue weighted by molar-refractivity contribution is 5.83. The summed E-state index contributed by atoms with van der Waals surface area (Å²) in [6, 6.07) is 8.95. The van der Waals surface area contributed by atoms with Gasteiger partial charge in [-0.15, -0.1) is 0 Å². The summed E-state index contributed by atoms with van der Waals surface area (Å²) in [4.78, 5) is 14.2. The molecule has 2 rings (SSSR count). The number of ether oxygens (including phenoxy) is 1. The van der Waals surface area contributed by atoms with Gasteiger partial charge in [-0.05, 0) is 12.0 Å². The van der Waals surface area contributed by atoms with Crippen LogP contribution >= 0.6 is 0 Å². The van der Waals surface area contributed by atoms with Crippen LogP contribution in [-0.4, -0.2) is 36.6 Å². The summed E-state index contributed by atoms with van der Waals surface area (Å²) in [5.74, 6) is -0.00407. The van der Waals surface area contributed by atoms with E-state index in [1.807, 2.05) is 35.2 Å². The number of hydrogen-bond acceptors (Lipinski definition) is 3. The van der Waals surface area contributed by atoms with Crippen LogP contribution in [0, 0.1) is 0 Å². The Morgan fingerprint density at radius 3 is 2.89 bits per heavy atom.